The number of Topliss-reactive ketones (excluding diaryl/α,β-unsaturated/α-hetero) is 1. The molecule has 0 unspecified atom stereocenters. The van der Waals surface area contributed by atoms with Gasteiger partial charge < -0.3 is 14.2 Å². The molecule has 0 bridgehead atoms. The molecule has 1 heterocycles. The zero-order chi connectivity index (χ0) is 20.3. The molecule has 0 saturated carbocycles. The molecule has 0 fully saturated rings. The van der Waals surface area contributed by atoms with Crippen LogP contribution in [-0.4, -0.2) is 39.6 Å². The first kappa shape index (κ1) is 19.8. The Morgan fingerprint density at radius 3 is 2.54 bits per heavy atom. The summed E-state index contributed by atoms with van der Waals surface area (Å²) >= 11 is 0. The molecule has 1 aliphatic rings. The maximum Gasteiger partial charge on any atom is 0.324 e. The summed E-state index contributed by atoms with van der Waals surface area (Å²) in [5.74, 6) is -1.08. The quantitative estimate of drug-likeness (QED) is 0.547. The van der Waals surface area contributed by atoms with E-state index in [2.05, 4.69) is 4.72 Å². The number of sulfonamides is 1. The Kier molecular flexibility index (Phi) is 5.61. The first-order valence-corrected chi connectivity index (χ1v) is 9.62. The van der Waals surface area contributed by atoms with Crippen LogP contribution in [0.3, 0.4) is 0 Å². The first-order chi connectivity index (χ1) is 13.3. The van der Waals surface area contributed by atoms with Crippen molar-refractivity contribution in [1.82, 2.24) is 4.72 Å². The fourth-order valence-corrected chi connectivity index (χ4v) is 3.57. The lowest BCUT2D eigenvalue weighted by Gasteiger charge is -2.13. The molecule has 10 heteroatoms. The molecule has 0 spiro atoms. The molecule has 0 aliphatic carbocycles. The Labute approximate surface area is 160 Å². The van der Waals surface area contributed by atoms with Gasteiger partial charge >= 0.3 is 5.97 Å². The number of halogens is 1. The van der Waals surface area contributed by atoms with E-state index >= 15 is 0 Å². The van der Waals surface area contributed by atoms with Crippen LogP contribution in [0.1, 0.15) is 17.3 Å². The average Bonchev–Trinajstić information content (AvgIpc) is 3.13. The van der Waals surface area contributed by atoms with Crippen LogP contribution >= 0.6 is 0 Å². The SMILES string of the molecule is C[C@H](NS(=O)(=O)c1ccc(F)cc1)C(=O)OCC(=O)c1ccc2c(c1)OCO2. The van der Waals surface area contributed by atoms with Crippen molar-refractivity contribution >= 4 is 21.8 Å². The molecule has 0 amide bonds. The third-order valence-electron chi connectivity index (χ3n) is 3.85. The second-order valence-corrected chi connectivity index (χ2v) is 7.61. The van der Waals surface area contributed by atoms with E-state index in [-0.39, 0.29) is 17.3 Å². The summed E-state index contributed by atoms with van der Waals surface area (Å²) in [5.41, 5.74) is 0.261. The van der Waals surface area contributed by atoms with Crippen molar-refractivity contribution in [2.75, 3.05) is 13.4 Å². The van der Waals surface area contributed by atoms with Gasteiger partial charge in [-0.1, -0.05) is 0 Å². The largest absolute Gasteiger partial charge is 0.456 e. The number of rotatable bonds is 7. The fourth-order valence-electron chi connectivity index (χ4n) is 2.38. The molecular formula is C18H16FNO7S. The summed E-state index contributed by atoms with van der Waals surface area (Å²) in [4.78, 5) is 24.0. The topological polar surface area (TPSA) is 108 Å². The molecule has 2 aromatic rings. The molecule has 1 aliphatic heterocycles. The number of hydrogen-bond acceptors (Lipinski definition) is 7. The number of esters is 1. The van der Waals surface area contributed by atoms with Crippen LogP contribution in [0.4, 0.5) is 4.39 Å². The molecule has 0 aromatic heterocycles. The summed E-state index contributed by atoms with van der Waals surface area (Å²) in [7, 11) is -4.05. The number of benzene rings is 2. The molecule has 28 heavy (non-hydrogen) atoms. The predicted molar refractivity (Wildman–Crippen MR) is 94.0 cm³/mol. The molecule has 8 nitrogen and oxygen atoms in total. The smallest absolute Gasteiger partial charge is 0.324 e. The van der Waals surface area contributed by atoms with Crippen LogP contribution in [0, 0.1) is 5.82 Å². The van der Waals surface area contributed by atoms with Gasteiger partial charge in [0.15, 0.2) is 23.9 Å². The molecule has 1 atom stereocenters. The number of carbonyl (C=O) groups is 2. The van der Waals surface area contributed by atoms with Gasteiger partial charge in [0.2, 0.25) is 16.8 Å². The molecular weight excluding hydrogens is 393 g/mol. The van der Waals surface area contributed by atoms with Crippen molar-refractivity contribution in [3.63, 3.8) is 0 Å². The second-order valence-electron chi connectivity index (χ2n) is 5.90. The van der Waals surface area contributed by atoms with Gasteiger partial charge in [0, 0.05) is 5.56 Å². The predicted octanol–water partition coefficient (Wildman–Crippen LogP) is 1.65. The maximum absolute atomic E-state index is 12.9. The van der Waals surface area contributed by atoms with Crippen LogP contribution in [0.2, 0.25) is 0 Å². The molecule has 1 N–H and O–H groups in total. The van der Waals surface area contributed by atoms with E-state index in [9.17, 15) is 22.4 Å². The van der Waals surface area contributed by atoms with E-state index < -0.39 is 40.2 Å². The van der Waals surface area contributed by atoms with Crippen molar-refractivity contribution in [1.29, 1.82) is 0 Å². The van der Waals surface area contributed by atoms with E-state index in [1.165, 1.54) is 19.1 Å². The van der Waals surface area contributed by atoms with Gasteiger partial charge in [-0.25, -0.2) is 12.8 Å². The monoisotopic (exact) mass is 409 g/mol. The van der Waals surface area contributed by atoms with E-state index in [0.29, 0.717) is 11.5 Å². The Hall–Kier alpha value is -2.98. The standard InChI is InChI=1S/C18H16FNO7S/c1-11(20-28(23,24)14-5-3-13(19)4-6-14)18(22)25-9-15(21)12-2-7-16-17(8-12)27-10-26-16/h2-8,11,20H,9-10H2,1H3/t11-/m0/s1. The lowest BCUT2D eigenvalue weighted by Crippen LogP contribution is -2.40. The van der Waals surface area contributed by atoms with E-state index in [0.717, 1.165) is 24.3 Å². The van der Waals surface area contributed by atoms with Crippen molar-refractivity contribution in [2.24, 2.45) is 0 Å². The van der Waals surface area contributed by atoms with Gasteiger partial charge in [-0.15, -0.1) is 0 Å². The van der Waals surface area contributed by atoms with Crippen molar-refractivity contribution in [3.05, 3.63) is 53.8 Å². The second kappa shape index (κ2) is 7.95. The minimum atomic E-state index is -4.05. The maximum atomic E-state index is 12.9. The highest BCUT2D eigenvalue weighted by Crippen LogP contribution is 2.32. The highest BCUT2D eigenvalue weighted by Gasteiger charge is 2.24. The summed E-state index contributed by atoms with van der Waals surface area (Å²) in [5, 5.41) is 0. The Morgan fingerprint density at radius 2 is 1.82 bits per heavy atom. The zero-order valence-corrected chi connectivity index (χ0v) is 15.5. The summed E-state index contributed by atoms with van der Waals surface area (Å²) in [6, 6.07) is 7.40. The number of ketones is 1. The number of fused-ring (bicyclic) bond motifs is 1. The number of ether oxygens (including phenoxy) is 3. The summed E-state index contributed by atoms with van der Waals surface area (Å²) in [6.45, 7) is 0.767. The van der Waals surface area contributed by atoms with Crippen LogP contribution in [0.5, 0.6) is 11.5 Å². The highest BCUT2D eigenvalue weighted by molar-refractivity contribution is 7.89. The Bertz CT molecular complexity index is 1010. The van der Waals surface area contributed by atoms with Gasteiger partial charge in [-0.05, 0) is 49.4 Å². The van der Waals surface area contributed by atoms with Crippen LogP contribution in [-0.2, 0) is 19.6 Å². The fraction of sp³-hybridized carbons (Fsp3) is 0.222. The number of carbonyl (C=O) groups excluding carboxylic acids is 2. The van der Waals surface area contributed by atoms with E-state index in [1.807, 2.05) is 0 Å². The van der Waals surface area contributed by atoms with Crippen molar-refractivity contribution in [2.45, 2.75) is 17.9 Å². The third kappa shape index (κ3) is 4.46. The highest BCUT2D eigenvalue weighted by atomic mass is 32.2. The molecule has 2 aromatic carbocycles. The lowest BCUT2D eigenvalue weighted by molar-refractivity contribution is -0.144. The molecule has 0 saturated heterocycles. The lowest BCUT2D eigenvalue weighted by atomic mass is 10.1. The normalized spacial score (nSPS) is 13.8. The molecule has 3 rings (SSSR count). The average molecular weight is 409 g/mol. The summed E-state index contributed by atoms with van der Waals surface area (Å²) < 4.78 is 54.6. The zero-order valence-electron chi connectivity index (χ0n) is 14.7. The van der Waals surface area contributed by atoms with Gasteiger partial charge in [0.1, 0.15) is 11.9 Å². The van der Waals surface area contributed by atoms with Crippen LogP contribution in [0.25, 0.3) is 0 Å². The number of hydrogen-bond donors (Lipinski definition) is 1. The van der Waals surface area contributed by atoms with Gasteiger partial charge in [0.05, 0.1) is 4.90 Å². The summed E-state index contributed by atoms with van der Waals surface area (Å²) in [6.07, 6.45) is 0. The third-order valence-corrected chi connectivity index (χ3v) is 5.41. The van der Waals surface area contributed by atoms with Crippen molar-refractivity contribution in [3.8, 4) is 11.5 Å². The minimum absolute atomic E-state index is 0.0632. The van der Waals surface area contributed by atoms with Crippen molar-refractivity contribution < 1.29 is 36.6 Å². The van der Waals surface area contributed by atoms with E-state index in [4.69, 9.17) is 14.2 Å². The van der Waals surface area contributed by atoms with Gasteiger partial charge in [0.25, 0.3) is 0 Å². The van der Waals surface area contributed by atoms with E-state index in [1.54, 1.807) is 6.07 Å². The Balaban J connectivity index is 1.56. The van der Waals surface area contributed by atoms with Gasteiger partial charge in [-0.2, -0.15) is 4.72 Å². The van der Waals surface area contributed by atoms with Gasteiger partial charge in [-0.3, -0.25) is 9.59 Å². The Morgan fingerprint density at radius 1 is 1.14 bits per heavy atom. The molecule has 0 radical (unpaired) electrons. The first-order valence-electron chi connectivity index (χ1n) is 8.13. The number of nitrogens with one attached hydrogen (secondary N) is 1. The minimum Gasteiger partial charge on any atom is -0.456 e. The van der Waals surface area contributed by atoms with Crippen LogP contribution < -0.4 is 14.2 Å². The molecule has 148 valence electrons. The van der Waals surface area contributed by atoms with Crippen LogP contribution in [0.15, 0.2) is 47.4 Å².